The van der Waals surface area contributed by atoms with Gasteiger partial charge >= 0.3 is 0 Å². The van der Waals surface area contributed by atoms with Gasteiger partial charge in [-0.3, -0.25) is 10.1 Å². The largest absolute Gasteiger partial charge is 0.296 e. The van der Waals surface area contributed by atoms with E-state index in [0.29, 0.717) is 22.1 Å². The maximum Gasteiger partial charge on any atom is 0.257 e. The van der Waals surface area contributed by atoms with Gasteiger partial charge in [-0.25, -0.2) is 0 Å². The number of amides is 1. The number of nitrogens with one attached hydrogen (secondary N) is 1. The van der Waals surface area contributed by atoms with Gasteiger partial charge in [-0.2, -0.15) is 0 Å². The smallest absolute Gasteiger partial charge is 0.257 e. The summed E-state index contributed by atoms with van der Waals surface area (Å²) in [5.74, 6) is -0.220. The molecule has 1 aromatic heterocycles. The first-order valence-corrected chi connectivity index (χ1v) is 9.02. The first-order chi connectivity index (χ1) is 11.1. The van der Waals surface area contributed by atoms with Crippen LogP contribution in [0.4, 0.5) is 5.13 Å². The van der Waals surface area contributed by atoms with Crippen molar-refractivity contribution in [3.8, 4) is 0 Å². The summed E-state index contributed by atoms with van der Waals surface area (Å²) in [4.78, 5) is 12.2. The minimum Gasteiger partial charge on any atom is -0.296 e. The molecule has 0 spiro atoms. The van der Waals surface area contributed by atoms with E-state index in [-0.39, 0.29) is 5.91 Å². The Morgan fingerprint density at radius 3 is 2.70 bits per heavy atom. The summed E-state index contributed by atoms with van der Waals surface area (Å²) in [5.41, 5.74) is 1.70. The van der Waals surface area contributed by atoms with Gasteiger partial charge in [0.05, 0.1) is 5.02 Å². The summed E-state index contributed by atoms with van der Waals surface area (Å²) in [5, 5.41) is 12.9. The summed E-state index contributed by atoms with van der Waals surface area (Å²) in [6.45, 7) is 0. The van der Waals surface area contributed by atoms with Crippen LogP contribution in [-0.4, -0.2) is 16.1 Å². The normalized spacial score (nSPS) is 10.5. The van der Waals surface area contributed by atoms with Crippen molar-refractivity contribution in [1.29, 1.82) is 0 Å². The van der Waals surface area contributed by atoms with E-state index in [2.05, 4.69) is 38.1 Å². The van der Waals surface area contributed by atoms with Crippen molar-refractivity contribution >= 4 is 56.6 Å². The summed E-state index contributed by atoms with van der Waals surface area (Å²) in [6, 6.07) is 15.2. The lowest BCUT2D eigenvalue weighted by Crippen LogP contribution is -2.11. The fourth-order valence-corrected chi connectivity index (χ4v) is 3.35. The summed E-state index contributed by atoms with van der Waals surface area (Å²) < 4.78 is 0.832. The Balaban J connectivity index is 1.68. The summed E-state index contributed by atoms with van der Waals surface area (Å²) in [6.07, 6.45) is 0.702. The first kappa shape index (κ1) is 16.4. The van der Waals surface area contributed by atoms with Gasteiger partial charge in [0.15, 0.2) is 0 Å². The number of benzene rings is 2. The molecule has 3 aromatic rings. The monoisotopic (exact) mass is 455 g/mol. The van der Waals surface area contributed by atoms with Crippen LogP contribution < -0.4 is 5.32 Å². The Labute approximate surface area is 156 Å². The number of halogens is 2. The van der Waals surface area contributed by atoms with Crippen LogP contribution in [0.2, 0.25) is 5.02 Å². The highest BCUT2D eigenvalue weighted by atomic mass is 127. The number of hydrogen-bond acceptors (Lipinski definition) is 4. The Hall–Kier alpha value is -1.51. The van der Waals surface area contributed by atoms with E-state index >= 15 is 0 Å². The van der Waals surface area contributed by atoms with Crippen molar-refractivity contribution < 1.29 is 4.79 Å². The molecule has 7 heteroatoms. The minimum atomic E-state index is -0.220. The van der Waals surface area contributed by atoms with Crippen LogP contribution in [0.1, 0.15) is 20.9 Å². The molecule has 116 valence electrons. The van der Waals surface area contributed by atoms with E-state index in [4.69, 9.17) is 11.6 Å². The Morgan fingerprint density at radius 1 is 1.17 bits per heavy atom. The molecule has 0 aliphatic rings. The van der Waals surface area contributed by atoms with E-state index in [0.717, 1.165) is 14.1 Å². The van der Waals surface area contributed by atoms with Gasteiger partial charge < -0.3 is 0 Å². The molecule has 0 aliphatic carbocycles. The predicted molar refractivity (Wildman–Crippen MR) is 101 cm³/mol. The molecule has 1 heterocycles. The van der Waals surface area contributed by atoms with Gasteiger partial charge in [-0.1, -0.05) is 53.3 Å². The van der Waals surface area contributed by atoms with E-state index in [1.807, 2.05) is 30.3 Å². The predicted octanol–water partition coefficient (Wildman–Crippen LogP) is 4.64. The number of anilines is 1. The van der Waals surface area contributed by atoms with E-state index in [9.17, 15) is 4.79 Å². The summed E-state index contributed by atoms with van der Waals surface area (Å²) in [7, 11) is 0. The standard InChI is InChI=1S/C16H11ClIN3OS/c17-12-7-6-11(9-13(12)18)15(22)19-16-21-20-14(23-16)8-10-4-2-1-3-5-10/h1-7,9H,8H2,(H,19,21,22). The van der Waals surface area contributed by atoms with Gasteiger partial charge in [0.2, 0.25) is 5.13 Å². The zero-order valence-electron chi connectivity index (χ0n) is 11.8. The summed E-state index contributed by atoms with van der Waals surface area (Å²) >= 11 is 9.44. The number of rotatable bonds is 4. The molecule has 1 amide bonds. The van der Waals surface area contributed by atoms with Gasteiger partial charge in [0.1, 0.15) is 5.01 Å². The third-order valence-electron chi connectivity index (χ3n) is 3.07. The van der Waals surface area contributed by atoms with Crippen LogP contribution in [0.25, 0.3) is 0 Å². The Bertz CT molecular complexity index is 838. The van der Waals surface area contributed by atoms with E-state index in [1.54, 1.807) is 18.2 Å². The molecule has 0 saturated heterocycles. The van der Waals surface area contributed by atoms with Crippen LogP contribution in [0, 0.1) is 3.57 Å². The van der Waals surface area contributed by atoms with Crippen molar-refractivity contribution in [1.82, 2.24) is 10.2 Å². The second kappa shape index (κ2) is 7.37. The third-order valence-corrected chi connectivity index (χ3v) is 5.45. The molecule has 0 saturated carbocycles. The third kappa shape index (κ3) is 4.27. The molecular weight excluding hydrogens is 445 g/mol. The Kier molecular flexibility index (Phi) is 5.24. The van der Waals surface area contributed by atoms with Crippen LogP contribution in [0.15, 0.2) is 48.5 Å². The quantitative estimate of drug-likeness (QED) is 0.583. The number of carbonyl (C=O) groups excluding carboxylic acids is 1. The molecule has 4 nitrogen and oxygen atoms in total. The molecule has 0 bridgehead atoms. The van der Waals surface area contributed by atoms with Crippen LogP contribution in [0.3, 0.4) is 0 Å². The molecule has 0 radical (unpaired) electrons. The fraction of sp³-hybridized carbons (Fsp3) is 0.0625. The van der Waals surface area contributed by atoms with E-state index < -0.39 is 0 Å². The maximum atomic E-state index is 12.2. The minimum absolute atomic E-state index is 0.220. The highest BCUT2D eigenvalue weighted by Crippen LogP contribution is 2.22. The zero-order valence-corrected chi connectivity index (χ0v) is 15.5. The van der Waals surface area contributed by atoms with Gasteiger partial charge in [-0.05, 0) is 46.4 Å². The lowest BCUT2D eigenvalue weighted by Gasteiger charge is -2.02. The number of carbonyl (C=O) groups is 1. The molecule has 1 N–H and O–H groups in total. The van der Waals surface area contributed by atoms with Gasteiger partial charge in [-0.15, -0.1) is 10.2 Å². The molecular formula is C16H11ClIN3OS. The number of nitrogens with zero attached hydrogens (tertiary/aromatic N) is 2. The second-order valence-electron chi connectivity index (χ2n) is 4.75. The molecule has 0 atom stereocenters. The molecule has 2 aromatic carbocycles. The first-order valence-electron chi connectivity index (χ1n) is 6.74. The van der Waals surface area contributed by atoms with Crippen molar-refractivity contribution in [2.45, 2.75) is 6.42 Å². The average Bonchev–Trinajstić information content (AvgIpc) is 2.98. The number of hydrogen-bond donors (Lipinski definition) is 1. The number of aromatic nitrogens is 2. The van der Waals surface area contributed by atoms with Gasteiger partial charge in [0, 0.05) is 15.6 Å². The average molecular weight is 456 g/mol. The topological polar surface area (TPSA) is 54.9 Å². The lowest BCUT2D eigenvalue weighted by molar-refractivity contribution is 0.102. The SMILES string of the molecule is O=C(Nc1nnc(Cc2ccccc2)s1)c1ccc(Cl)c(I)c1. The van der Waals surface area contributed by atoms with Gasteiger partial charge in [0.25, 0.3) is 5.91 Å². The molecule has 23 heavy (non-hydrogen) atoms. The van der Waals surface area contributed by atoms with Crippen LogP contribution in [-0.2, 0) is 6.42 Å². The van der Waals surface area contributed by atoms with Crippen molar-refractivity contribution in [3.05, 3.63) is 73.3 Å². The van der Waals surface area contributed by atoms with Crippen LogP contribution in [0.5, 0.6) is 0 Å². The highest BCUT2D eigenvalue weighted by molar-refractivity contribution is 14.1. The lowest BCUT2D eigenvalue weighted by atomic mass is 10.2. The van der Waals surface area contributed by atoms with Crippen LogP contribution >= 0.6 is 45.5 Å². The molecule has 0 unspecified atom stereocenters. The van der Waals surface area contributed by atoms with Crippen molar-refractivity contribution in [2.24, 2.45) is 0 Å². The molecule has 0 aliphatic heterocycles. The highest BCUT2D eigenvalue weighted by Gasteiger charge is 2.11. The Morgan fingerprint density at radius 2 is 1.96 bits per heavy atom. The van der Waals surface area contributed by atoms with Crippen molar-refractivity contribution in [3.63, 3.8) is 0 Å². The molecule has 0 fully saturated rings. The van der Waals surface area contributed by atoms with Crippen molar-refractivity contribution in [2.75, 3.05) is 5.32 Å². The second-order valence-corrected chi connectivity index (χ2v) is 7.38. The van der Waals surface area contributed by atoms with E-state index in [1.165, 1.54) is 11.3 Å². The zero-order chi connectivity index (χ0) is 16.2. The molecule has 3 rings (SSSR count). The fourth-order valence-electron chi connectivity index (χ4n) is 1.95. The maximum absolute atomic E-state index is 12.2.